The second kappa shape index (κ2) is 6.01. The van der Waals surface area contributed by atoms with Crippen molar-refractivity contribution in [3.05, 3.63) is 12.7 Å². The molecule has 0 aliphatic rings. The molecule has 0 aliphatic heterocycles. The Balaban J connectivity index is 2.35. The maximum atomic E-state index is 11.0. The molecule has 0 fully saturated rings. The van der Waals surface area contributed by atoms with Crippen LogP contribution in [0.2, 0.25) is 0 Å². The summed E-state index contributed by atoms with van der Waals surface area (Å²) in [4.78, 5) is 23.8. The highest BCUT2D eigenvalue weighted by Gasteiger charge is 2.15. The molecule has 0 aliphatic carbocycles. The summed E-state index contributed by atoms with van der Waals surface area (Å²) in [5.74, 6) is 0.655. The minimum Gasteiger partial charge on any atom is -0.442 e. The van der Waals surface area contributed by atoms with Crippen molar-refractivity contribution in [1.29, 1.82) is 0 Å². The maximum absolute atomic E-state index is 11.0. The van der Waals surface area contributed by atoms with E-state index in [0.717, 1.165) is 22.7 Å². The molecular formula is C12H16N4O2S. The predicted octanol–water partition coefficient (Wildman–Crippen LogP) is 2.41. The number of carbonyl (C=O) groups is 1. The molecule has 0 bridgehead atoms. The largest absolute Gasteiger partial charge is 0.442 e. The van der Waals surface area contributed by atoms with Gasteiger partial charge in [0, 0.05) is 6.92 Å². The van der Waals surface area contributed by atoms with Crippen molar-refractivity contribution in [1.82, 2.24) is 19.5 Å². The number of esters is 1. The fraction of sp³-hybridized carbons (Fsp3) is 0.500. The van der Waals surface area contributed by atoms with Crippen LogP contribution >= 0.6 is 11.8 Å². The van der Waals surface area contributed by atoms with Crippen LogP contribution in [0.1, 0.15) is 33.4 Å². The Kier molecular flexibility index (Phi) is 4.36. The summed E-state index contributed by atoms with van der Waals surface area (Å²) in [5.41, 5.74) is 1.43. The van der Waals surface area contributed by atoms with Crippen LogP contribution in [0.15, 0.2) is 17.7 Å². The van der Waals surface area contributed by atoms with E-state index in [9.17, 15) is 4.79 Å². The van der Waals surface area contributed by atoms with Crippen molar-refractivity contribution in [2.75, 3.05) is 5.75 Å². The van der Waals surface area contributed by atoms with Crippen LogP contribution in [-0.4, -0.2) is 31.2 Å². The molecule has 1 atom stereocenters. The molecule has 0 radical (unpaired) electrons. The molecule has 0 saturated heterocycles. The third-order valence-electron chi connectivity index (χ3n) is 2.50. The summed E-state index contributed by atoms with van der Waals surface area (Å²) in [6, 6.07) is 0. The average molecular weight is 280 g/mol. The quantitative estimate of drug-likeness (QED) is 0.476. The van der Waals surface area contributed by atoms with E-state index in [4.69, 9.17) is 4.74 Å². The number of fused-ring (bicyclic) bond motifs is 1. The maximum Gasteiger partial charge on any atom is 0.304 e. The summed E-state index contributed by atoms with van der Waals surface area (Å²) in [6.45, 7) is 5.28. The van der Waals surface area contributed by atoms with E-state index in [-0.39, 0.29) is 5.97 Å². The molecule has 0 spiro atoms. The molecule has 6 nitrogen and oxygen atoms in total. The Morgan fingerprint density at radius 3 is 2.95 bits per heavy atom. The van der Waals surface area contributed by atoms with Crippen LogP contribution < -0.4 is 0 Å². The molecule has 2 heterocycles. The van der Waals surface area contributed by atoms with Gasteiger partial charge in [-0.25, -0.2) is 15.0 Å². The van der Waals surface area contributed by atoms with Gasteiger partial charge in [0.25, 0.3) is 0 Å². The van der Waals surface area contributed by atoms with Gasteiger partial charge in [0.15, 0.2) is 11.9 Å². The van der Waals surface area contributed by atoms with E-state index in [2.05, 4.69) is 21.9 Å². The highest BCUT2D eigenvalue weighted by Crippen LogP contribution is 2.25. The van der Waals surface area contributed by atoms with Crippen molar-refractivity contribution in [3.63, 3.8) is 0 Å². The number of rotatable bonds is 5. The third kappa shape index (κ3) is 3.04. The van der Waals surface area contributed by atoms with Crippen molar-refractivity contribution < 1.29 is 9.53 Å². The molecule has 0 N–H and O–H groups in total. The normalized spacial score (nSPS) is 12.6. The van der Waals surface area contributed by atoms with Crippen LogP contribution in [0.3, 0.4) is 0 Å². The highest BCUT2D eigenvalue weighted by molar-refractivity contribution is 7.99. The van der Waals surface area contributed by atoms with Crippen molar-refractivity contribution in [2.24, 2.45) is 0 Å². The molecule has 19 heavy (non-hydrogen) atoms. The first-order valence-corrected chi connectivity index (χ1v) is 7.09. The van der Waals surface area contributed by atoms with Crippen molar-refractivity contribution >= 4 is 28.9 Å². The Morgan fingerprint density at radius 2 is 2.26 bits per heavy atom. The van der Waals surface area contributed by atoms with E-state index in [1.165, 1.54) is 13.3 Å². The topological polar surface area (TPSA) is 69.9 Å². The first-order valence-electron chi connectivity index (χ1n) is 6.11. The number of nitrogens with zero attached hydrogens (tertiary/aromatic N) is 4. The Bertz CT molecular complexity index is 584. The molecule has 0 saturated carbocycles. The zero-order valence-corrected chi connectivity index (χ0v) is 12.0. The van der Waals surface area contributed by atoms with Crippen LogP contribution in [0, 0.1) is 0 Å². The number of thioether (sulfide) groups is 1. The fourth-order valence-corrected chi connectivity index (χ4v) is 2.50. The SMILES string of the molecule is CCCSc1ncnc2c1ncn2[C@H](C)OC(C)=O. The number of hydrogen-bond acceptors (Lipinski definition) is 6. The van der Waals surface area contributed by atoms with Gasteiger partial charge in [-0.2, -0.15) is 0 Å². The van der Waals surface area contributed by atoms with Gasteiger partial charge in [-0.05, 0) is 19.1 Å². The monoisotopic (exact) mass is 280 g/mol. The van der Waals surface area contributed by atoms with E-state index in [0.29, 0.717) is 5.65 Å². The smallest absolute Gasteiger partial charge is 0.304 e. The van der Waals surface area contributed by atoms with Gasteiger partial charge in [0.2, 0.25) is 0 Å². The molecule has 102 valence electrons. The number of aromatic nitrogens is 4. The Morgan fingerprint density at radius 1 is 1.47 bits per heavy atom. The Hall–Kier alpha value is -1.63. The molecule has 2 aromatic rings. The van der Waals surface area contributed by atoms with Crippen LogP contribution in [-0.2, 0) is 9.53 Å². The van der Waals surface area contributed by atoms with Crippen LogP contribution in [0.5, 0.6) is 0 Å². The number of carbonyl (C=O) groups excluding carboxylic acids is 1. The summed E-state index contributed by atoms with van der Waals surface area (Å²) in [6.07, 6.45) is 3.78. The minimum absolute atomic E-state index is 0.330. The standard InChI is InChI=1S/C12H16N4O2S/c1-4-5-19-12-10-11(13-6-14-12)16(7-15-10)8(2)18-9(3)17/h6-8H,4-5H2,1-3H3/t8-/m0/s1. The molecule has 0 aromatic carbocycles. The average Bonchev–Trinajstić information content (AvgIpc) is 2.79. The Labute approximate surface area is 115 Å². The summed E-state index contributed by atoms with van der Waals surface area (Å²) in [7, 11) is 0. The van der Waals surface area contributed by atoms with Crippen molar-refractivity contribution in [3.8, 4) is 0 Å². The molecule has 7 heteroatoms. The molecule has 0 unspecified atom stereocenters. The zero-order valence-electron chi connectivity index (χ0n) is 11.2. The van der Waals surface area contributed by atoms with Crippen LogP contribution in [0.25, 0.3) is 11.2 Å². The lowest BCUT2D eigenvalue weighted by Crippen LogP contribution is -2.12. The summed E-state index contributed by atoms with van der Waals surface area (Å²) in [5, 5.41) is 0.862. The minimum atomic E-state index is -0.429. The molecule has 0 amide bonds. The summed E-state index contributed by atoms with van der Waals surface area (Å²) >= 11 is 1.65. The number of hydrogen-bond donors (Lipinski definition) is 0. The van der Waals surface area contributed by atoms with Gasteiger partial charge < -0.3 is 4.74 Å². The second-order valence-electron chi connectivity index (χ2n) is 4.06. The lowest BCUT2D eigenvalue weighted by atomic mass is 10.5. The van der Waals surface area contributed by atoms with E-state index >= 15 is 0 Å². The van der Waals surface area contributed by atoms with Gasteiger partial charge in [-0.1, -0.05) is 6.92 Å². The van der Waals surface area contributed by atoms with Crippen LogP contribution in [0.4, 0.5) is 0 Å². The van der Waals surface area contributed by atoms with Crippen molar-refractivity contribution in [2.45, 2.75) is 38.4 Å². The predicted molar refractivity (Wildman–Crippen MR) is 72.8 cm³/mol. The lowest BCUT2D eigenvalue weighted by molar-refractivity contribution is -0.149. The fourth-order valence-electron chi connectivity index (χ4n) is 1.70. The zero-order chi connectivity index (χ0) is 13.8. The molecule has 2 aromatic heterocycles. The number of imidazole rings is 1. The van der Waals surface area contributed by atoms with Gasteiger partial charge in [0.05, 0.1) is 0 Å². The number of ether oxygens (including phenoxy) is 1. The van der Waals surface area contributed by atoms with E-state index in [1.807, 2.05) is 0 Å². The molecular weight excluding hydrogens is 264 g/mol. The summed E-state index contributed by atoms with van der Waals surface area (Å²) < 4.78 is 6.87. The first-order chi connectivity index (χ1) is 9.13. The van der Waals surface area contributed by atoms with Gasteiger partial charge in [0.1, 0.15) is 23.2 Å². The highest BCUT2D eigenvalue weighted by atomic mass is 32.2. The third-order valence-corrected chi connectivity index (χ3v) is 3.68. The lowest BCUT2D eigenvalue weighted by Gasteiger charge is -2.13. The second-order valence-corrected chi connectivity index (χ2v) is 5.14. The first kappa shape index (κ1) is 13.8. The van der Waals surface area contributed by atoms with E-state index in [1.54, 1.807) is 29.6 Å². The van der Waals surface area contributed by atoms with Gasteiger partial charge in [-0.3, -0.25) is 9.36 Å². The molecule has 2 rings (SSSR count). The van der Waals surface area contributed by atoms with E-state index < -0.39 is 6.23 Å². The van der Waals surface area contributed by atoms with Gasteiger partial charge in [-0.15, -0.1) is 11.8 Å². The van der Waals surface area contributed by atoms with Gasteiger partial charge >= 0.3 is 5.97 Å².